The van der Waals surface area contributed by atoms with Crippen LogP contribution in [0.15, 0.2) is 0 Å². The van der Waals surface area contributed by atoms with E-state index < -0.39 is 17.3 Å². The summed E-state index contributed by atoms with van der Waals surface area (Å²) >= 11 is 0. The van der Waals surface area contributed by atoms with Gasteiger partial charge in [0.15, 0.2) is 0 Å². The van der Waals surface area contributed by atoms with Gasteiger partial charge in [0.25, 0.3) is 0 Å². The van der Waals surface area contributed by atoms with E-state index in [-0.39, 0.29) is 41.8 Å². The Morgan fingerprint density at radius 2 is 1.15 bits per heavy atom. The third kappa shape index (κ3) is 13.3. The van der Waals surface area contributed by atoms with Crippen LogP contribution in [-0.2, 0) is 28.7 Å². The molecule has 0 aliphatic heterocycles. The van der Waals surface area contributed by atoms with Crippen molar-refractivity contribution < 1.29 is 38.3 Å². The molecule has 0 aromatic heterocycles. The topological polar surface area (TPSA) is 127 Å². The Balaban J connectivity index is 0.000000410. The molecule has 12 nitrogen and oxygen atoms in total. The number of nitrogens with one attached hydrogen (secondary N) is 1. The Bertz CT molecular complexity index is 870. The van der Waals surface area contributed by atoms with Gasteiger partial charge in [0.1, 0.15) is 11.2 Å². The minimum atomic E-state index is -0.510. The number of hydroxylamine groups is 4. The number of nitrogens with zero attached hydrogens (tertiary/aromatic N) is 3. The van der Waals surface area contributed by atoms with Gasteiger partial charge in [-0.3, -0.25) is 19.3 Å². The number of hydrogen-bond acceptors (Lipinski definition) is 8. The molecule has 4 atom stereocenters. The second kappa shape index (κ2) is 16.1. The minimum Gasteiger partial charge on any atom is -0.444 e. The van der Waals surface area contributed by atoms with Gasteiger partial charge in [-0.2, -0.15) is 0 Å². The normalized spacial score (nSPS) is 22.8. The molecule has 0 saturated heterocycles. The van der Waals surface area contributed by atoms with Crippen molar-refractivity contribution in [2.24, 2.45) is 11.8 Å². The smallest absolute Gasteiger partial charge is 0.410 e. The number of carbonyl (C=O) groups is 4. The number of hydrogen-bond donors (Lipinski definition) is 1. The summed E-state index contributed by atoms with van der Waals surface area (Å²) in [6, 6.07) is 0.0191. The summed E-state index contributed by atoms with van der Waals surface area (Å²) < 4.78 is 10.6. The molecule has 0 bridgehead atoms. The van der Waals surface area contributed by atoms with Crippen molar-refractivity contribution >= 4 is 24.0 Å². The lowest BCUT2D eigenvalue weighted by Crippen LogP contribution is -2.45. The van der Waals surface area contributed by atoms with Crippen molar-refractivity contribution in [1.29, 1.82) is 0 Å². The van der Waals surface area contributed by atoms with Crippen molar-refractivity contribution in [1.82, 2.24) is 20.3 Å². The van der Waals surface area contributed by atoms with Crippen LogP contribution in [0.4, 0.5) is 9.59 Å². The van der Waals surface area contributed by atoms with Crippen LogP contribution < -0.4 is 5.32 Å². The third-order valence-electron chi connectivity index (χ3n) is 7.14. The molecule has 2 rings (SSSR count). The Morgan fingerprint density at radius 1 is 0.683 bits per heavy atom. The van der Waals surface area contributed by atoms with E-state index in [1.54, 1.807) is 26.0 Å². The van der Waals surface area contributed by atoms with E-state index in [2.05, 4.69) is 5.32 Å². The zero-order chi connectivity index (χ0) is 31.5. The van der Waals surface area contributed by atoms with Crippen molar-refractivity contribution in [3.8, 4) is 0 Å². The van der Waals surface area contributed by atoms with Crippen LogP contribution in [-0.4, -0.2) is 97.7 Å². The fourth-order valence-corrected chi connectivity index (χ4v) is 4.94. The van der Waals surface area contributed by atoms with E-state index in [0.29, 0.717) is 12.8 Å². The predicted molar refractivity (Wildman–Crippen MR) is 154 cm³/mol. The highest BCUT2D eigenvalue weighted by atomic mass is 16.7. The Labute approximate surface area is 246 Å². The fraction of sp³-hybridized carbons (Fsp3) is 0.862. The monoisotopic (exact) mass is 586 g/mol. The first-order chi connectivity index (χ1) is 18.9. The van der Waals surface area contributed by atoms with Gasteiger partial charge in [0, 0.05) is 45.1 Å². The Kier molecular flexibility index (Phi) is 14.3. The summed E-state index contributed by atoms with van der Waals surface area (Å²) in [5.74, 6) is -0.268. The summed E-state index contributed by atoms with van der Waals surface area (Å²) in [6.07, 6.45) is 5.81. The maximum Gasteiger partial charge on any atom is 0.410 e. The van der Waals surface area contributed by atoms with E-state index in [0.717, 1.165) is 38.5 Å². The molecule has 1 N–H and O–H groups in total. The maximum absolute atomic E-state index is 12.2. The highest BCUT2D eigenvalue weighted by Gasteiger charge is 2.34. The molecule has 2 saturated carbocycles. The standard InChI is InChI=1S/C15H28N2O4.C14H26N2O4/c1-15(2,3)21-14(19)16(4)12-9-7-8-11(10-12)13(18)17(5)20-6;1-14(2,3)20-13(18)15-11-8-6-7-10(9-11)12(17)16(4)19-5/h11-12H,7-10H2,1-6H3;10-11H,6-9H2,1-5H3,(H,15,18). The van der Waals surface area contributed by atoms with Crippen molar-refractivity contribution in [2.75, 3.05) is 35.4 Å². The zero-order valence-electron chi connectivity index (χ0n) is 27.1. The molecule has 4 unspecified atom stereocenters. The minimum absolute atomic E-state index is 0.0159. The van der Waals surface area contributed by atoms with Crippen LogP contribution in [0, 0.1) is 11.8 Å². The van der Waals surface area contributed by atoms with Crippen LogP contribution in [0.1, 0.15) is 92.9 Å². The van der Waals surface area contributed by atoms with Gasteiger partial charge in [0.05, 0.1) is 14.2 Å². The van der Waals surface area contributed by atoms with E-state index in [1.165, 1.54) is 24.3 Å². The highest BCUT2D eigenvalue weighted by molar-refractivity contribution is 5.78. The molecule has 0 heterocycles. The van der Waals surface area contributed by atoms with Crippen molar-refractivity contribution in [2.45, 2.75) is 116 Å². The predicted octanol–water partition coefficient (Wildman–Crippen LogP) is 4.52. The lowest BCUT2D eigenvalue weighted by atomic mass is 9.84. The van der Waals surface area contributed by atoms with Crippen LogP contribution in [0.25, 0.3) is 0 Å². The van der Waals surface area contributed by atoms with Crippen LogP contribution in [0.5, 0.6) is 0 Å². The second-order valence-electron chi connectivity index (χ2n) is 12.9. The van der Waals surface area contributed by atoms with Crippen molar-refractivity contribution in [3.05, 3.63) is 0 Å². The molecule has 2 aliphatic rings. The number of alkyl carbamates (subject to hydrolysis) is 1. The summed E-state index contributed by atoms with van der Waals surface area (Å²) in [4.78, 5) is 59.6. The largest absolute Gasteiger partial charge is 0.444 e. The first-order valence-corrected chi connectivity index (χ1v) is 14.5. The molecule has 0 radical (unpaired) electrons. The molecule has 2 fully saturated rings. The lowest BCUT2D eigenvalue weighted by Gasteiger charge is -2.36. The maximum atomic E-state index is 12.2. The first kappa shape index (κ1) is 36.4. The van der Waals surface area contributed by atoms with Gasteiger partial charge in [0.2, 0.25) is 11.8 Å². The molecule has 0 spiro atoms. The van der Waals surface area contributed by atoms with Gasteiger partial charge in [-0.25, -0.2) is 19.7 Å². The molecule has 41 heavy (non-hydrogen) atoms. The van der Waals surface area contributed by atoms with Crippen LogP contribution >= 0.6 is 0 Å². The van der Waals surface area contributed by atoms with Gasteiger partial charge >= 0.3 is 12.2 Å². The SMILES string of the molecule is CON(C)C(=O)C1CCCC(N(C)C(=O)OC(C)(C)C)C1.CON(C)C(=O)C1CCCC(NC(=O)OC(C)(C)C)C1. The van der Waals surface area contributed by atoms with Crippen LogP contribution in [0.2, 0.25) is 0 Å². The van der Waals surface area contributed by atoms with Gasteiger partial charge in [-0.05, 0) is 80.1 Å². The van der Waals surface area contributed by atoms with Gasteiger partial charge < -0.3 is 19.7 Å². The van der Waals surface area contributed by atoms with Crippen molar-refractivity contribution in [3.63, 3.8) is 0 Å². The van der Waals surface area contributed by atoms with E-state index in [1.807, 2.05) is 41.5 Å². The lowest BCUT2D eigenvalue weighted by molar-refractivity contribution is -0.175. The number of ether oxygens (including phenoxy) is 2. The average molecular weight is 587 g/mol. The quantitative estimate of drug-likeness (QED) is 0.450. The van der Waals surface area contributed by atoms with E-state index in [4.69, 9.17) is 19.1 Å². The summed E-state index contributed by atoms with van der Waals surface area (Å²) in [6.45, 7) is 11.0. The molecule has 4 amide bonds. The summed E-state index contributed by atoms with van der Waals surface area (Å²) in [7, 11) is 7.91. The second-order valence-corrected chi connectivity index (χ2v) is 12.9. The van der Waals surface area contributed by atoms with Gasteiger partial charge in [-0.1, -0.05) is 12.8 Å². The molecule has 2 aliphatic carbocycles. The summed E-state index contributed by atoms with van der Waals surface area (Å²) in [5, 5.41) is 5.36. The number of carbonyl (C=O) groups excluding carboxylic acids is 4. The number of rotatable bonds is 6. The first-order valence-electron chi connectivity index (χ1n) is 14.5. The van der Waals surface area contributed by atoms with Crippen LogP contribution in [0.3, 0.4) is 0 Å². The Morgan fingerprint density at radius 3 is 1.61 bits per heavy atom. The average Bonchev–Trinajstić information content (AvgIpc) is 2.89. The molecular weight excluding hydrogens is 532 g/mol. The zero-order valence-corrected chi connectivity index (χ0v) is 27.1. The van der Waals surface area contributed by atoms with Gasteiger partial charge in [-0.15, -0.1) is 0 Å². The highest BCUT2D eigenvalue weighted by Crippen LogP contribution is 2.29. The van der Waals surface area contributed by atoms with E-state index in [9.17, 15) is 19.2 Å². The van der Waals surface area contributed by atoms with E-state index >= 15 is 0 Å². The third-order valence-corrected chi connectivity index (χ3v) is 7.14. The molecule has 0 aromatic carbocycles. The molecule has 0 aromatic rings. The fourth-order valence-electron chi connectivity index (χ4n) is 4.94. The molecular formula is C29H54N4O8. The Hall–Kier alpha value is -2.60. The number of amides is 4. The molecule has 12 heteroatoms. The molecule has 238 valence electrons. The summed E-state index contributed by atoms with van der Waals surface area (Å²) in [5.41, 5.74) is -1.02.